The number of hydrogen-bond donors (Lipinski definition) is 1. The minimum Gasteiger partial charge on any atom is -0.355 e. The number of halogens is 1. The summed E-state index contributed by atoms with van der Waals surface area (Å²) in [5.74, 6) is 0.394. The van der Waals surface area contributed by atoms with Crippen LogP contribution in [0.5, 0.6) is 0 Å². The second kappa shape index (κ2) is 8.89. The normalized spacial score (nSPS) is 14.5. The van der Waals surface area contributed by atoms with Gasteiger partial charge in [-0.15, -0.1) is 0 Å². The van der Waals surface area contributed by atoms with Crippen LogP contribution in [0.3, 0.4) is 0 Å². The summed E-state index contributed by atoms with van der Waals surface area (Å²) >= 11 is 0. The molecular weight excluding hydrogens is 429 g/mol. The third-order valence-corrected chi connectivity index (χ3v) is 6.64. The Balaban J connectivity index is 1.31. The number of rotatable bonds is 4. The lowest BCUT2D eigenvalue weighted by molar-refractivity contribution is -0.120. The highest BCUT2D eigenvalue weighted by atomic mass is 19.1. The summed E-state index contributed by atoms with van der Waals surface area (Å²) in [5, 5.41) is 7.67. The summed E-state index contributed by atoms with van der Waals surface area (Å²) in [6, 6.07) is 13.3. The van der Waals surface area contributed by atoms with Crippen molar-refractivity contribution in [2.24, 2.45) is 5.92 Å². The molecule has 7 heteroatoms. The number of benzene rings is 2. The van der Waals surface area contributed by atoms with E-state index in [2.05, 4.69) is 53.3 Å². The fraction of sp³-hybridized carbons (Fsp3) is 0.296. The fourth-order valence-corrected chi connectivity index (χ4v) is 4.56. The van der Waals surface area contributed by atoms with Crippen LogP contribution >= 0.6 is 0 Å². The first-order valence-electron chi connectivity index (χ1n) is 11.6. The Kier molecular flexibility index (Phi) is 5.77. The van der Waals surface area contributed by atoms with E-state index in [-0.39, 0.29) is 17.6 Å². The number of fused-ring (bicyclic) bond motifs is 1. The van der Waals surface area contributed by atoms with Gasteiger partial charge in [0.2, 0.25) is 5.91 Å². The van der Waals surface area contributed by atoms with Gasteiger partial charge in [0, 0.05) is 42.7 Å². The number of carbonyl (C=O) groups is 1. The van der Waals surface area contributed by atoms with E-state index < -0.39 is 0 Å². The van der Waals surface area contributed by atoms with E-state index in [0.29, 0.717) is 24.1 Å². The van der Waals surface area contributed by atoms with Crippen LogP contribution in [0.2, 0.25) is 0 Å². The Morgan fingerprint density at radius 2 is 1.79 bits per heavy atom. The minimum atomic E-state index is -0.312. The van der Waals surface area contributed by atoms with E-state index in [1.54, 1.807) is 25.3 Å². The van der Waals surface area contributed by atoms with Crippen LogP contribution in [0, 0.1) is 32.5 Å². The number of anilines is 2. The van der Waals surface area contributed by atoms with Gasteiger partial charge in [0.05, 0.1) is 5.69 Å². The Morgan fingerprint density at radius 1 is 1.03 bits per heavy atom. The smallest absolute Gasteiger partial charge is 0.227 e. The van der Waals surface area contributed by atoms with Crippen molar-refractivity contribution in [3.63, 3.8) is 0 Å². The number of hydrogen-bond acceptors (Lipinski definition) is 4. The molecule has 0 spiro atoms. The van der Waals surface area contributed by atoms with Gasteiger partial charge in [0.25, 0.3) is 0 Å². The Morgan fingerprint density at radius 3 is 2.56 bits per heavy atom. The number of aryl methyl sites for hydroxylation is 3. The summed E-state index contributed by atoms with van der Waals surface area (Å²) < 4.78 is 15.7. The fourth-order valence-electron chi connectivity index (χ4n) is 4.56. The Bertz CT molecular complexity index is 1370. The molecule has 0 unspecified atom stereocenters. The van der Waals surface area contributed by atoms with Crippen molar-refractivity contribution in [3.8, 4) is 11.3 Å². The van der Waals surface area contributed by atoms with Gasteiger partial charge in [0.1, 0.15) is 11.3 Å². The molecule has 34 heavy (non-hydrogen) atoms. The molecule has 1 N–H and O–H groups in total. The highest BCUT2D eigenvalue weighted by Gasteiger charge is 2.27. The number of nitrogens with one attached hydrogen (secondary N) is 1. The summed E-state index contributed by atoms with van der Waals surface area (Å²) in [4.78, 5) is 19.6. The molecule has 4 aromatic rings. The van der Waals surface area contributed by atoms with E-state index >= 15 is 0 Å². The lowest BCUT2D eigenvalue weighted by Gasteiger charge is -2.32. The molecule has 0 atom stereocenters. The third kappa shape index (κ3) is 4.25. The van der Waals surface area contributed by atoms with Gasteiger partial charge in [-0.25, -0.2) is 13.9 Å². The van der Waals surface area contributed by atoms with Gasteiger partial charge in [0.15, 0.2) is 5.82 Å². The molecule has 0 aliphatic carbocycles. The summed E-state index contributed by atoms with van der Waals surface area (Å²) in [5.41, 5.74) is 6.45. The highest BCUT2D eigenvalue weighted by Crippen LogP contribution is 2.30. The van der Waals surface area contributed by atoms with Crippen LogP contribution in [0.1, 0.15) is 29.5 Å². The molecule has 1 saturated heterocycles. The van der Waals surface area contributed by atoms with Gasteiger partial charge in [-0.1, -0.05) is 23.8 Å². The lowest BCUT2D eigenvalue weighted by Crippen LogP contribution is -2.38. The number of carbonyl (C=O) groups excluding carboxylic acids is 1. The zero-order valence-corrected chi connectivity index (χ0v) is 19.7. The average molecular weight is 458 g/mol. The molecule has 3 heterocycles. The van der Waals surface area contributed by atoms with Crippen molar-refractivity contribution in [2.75, 3.05) is 23.3 Å². The van der Waals surface area contributed by atoms with Crippen LogP contribution in [-0.4, -0.2) is 33.6 Å². The van der Waals surface area contributed by atoms with Crippen LogP contribution in [0.15, 0.2) is 54.9 Å². The minimum absolute atomic E-state index is 0.0596. The zero-order chi connectivity index (χ0) is 23.8. The van der Waals surface area contributed by atoms with Crippen molar-refractivity contribution >= 4 is 22.9 Å². The highest BCUT2D eigenvalue weighted by molar-refractivity contribution is 5.92. The zero-order valence-electron chi connectivity index (χ0n) is 19.7. The van der Waals surface area contributed by atoms with Crippen molar-refractivity contribution in [3.05, 3.63) is 77.4 Å². The number of piperidine rings is 1. The van der Waals surface area contributed by atoms with Gasteiger partial charge < -0.3 is 10.2 Å². The maximum absolute atomic E-state index is 13.8. The molecule has 0 radical (unpaired) electrons. The molecule has 174 valence electrons. The molecule has 0 bridgehead atoms. The van der Waals surface area contributed by atoms with Crippen molar-refractivity contribution < 1.29 is 9.18 Å². The first kappa shape index (κ1) is 22.1. The van der Waals surface area contributed by atoms with Crippen LogP contribution in [0.25, 0.3) is 16.8 Å². The standard InChI is InChI=1S/C27H28FN5O/c1-17-4-5-18(2)22(14-17)24-16-25-26(29-10-13-33(25)31-24)32-11-8-20(9-12-32)27(34)30-21-7-6-19(3)23(28)15-21/h4-7,10,13-16,20H,8-9,11-12H2,1-3H3,(H,30,34). The second-order valence-corrected chi connectivity index (χ2v) is 9.14. The SMILES string of the molecule is Cc1ccc(C)c(-c2cc3c(N4CCC(C(=O)Nc5ccc(C)c(F)c5)CC4)nccn3n2)c1. The van der Waals surface area contributed by atoms with E-state index in [1.165, 1.54) is 17.2 Å². The Hall–Kier alpha value is -3.74. The summed E-state index contributed by atoms with van der Waals surface area (Å²) in [6.07, 6.45) is 5.06. The molecule has 2 aromatic carbocycles. The van der Waals surface area contributed by atoms with E-state index in [9.17, 15) is 9.18 Å². The van der Waals surface area contributed by atoms with Gasteiger partial charge in [-0.2, -0.15) is 5.10 Å². The lowest BCUT2D eigenvalue weighted by atomic mass is 9.95. The van der Waals surface area contributed by atoms with Gasteiger partial charge in [-0.3, -0.25) is 4.79 Å². The quantitative estimate of drug-likeness (QED) is 0.451. The average Bonchev–Trinajstić information content (AvgIpc) is 3.27. The van der Waals surface area contributed by atoms with E-state index in [0.717, 1.165) is 35.7 Å². The van der Waals surface area contributed by atoms with Crippen LogP contribution < -0.4 is 10.2 Å². The molecule has 2 aromatic heterocycles. The molecule has 1 aliphatic heterocycles. The van der Waals surface area contributed by atoms with Crippen molar-refractivity contribution in [1.82, 2.24) is 14.6 Å². The topological polar surface area (TPSA) is 62.5 Å². The largest absolute Gasteiger partial charge is 0.355 e. The third-order valence-electron chi connectivity index (χ3n) is 6.64. The molecular formula is C27H28FN5O. The molecule has 5 rings (SSSR count). The molecule has 1 amide bonds. The predicted octanol–water partition coefficient (Wildman–Crippen LogP) is 5.32. The maximum atomic E-state index is 13.8. The molecule has 1 aliphatic rings. The van der Waals surface area contributed by atoms with Crippen LogP contribution in [0.4, 0.5) is 15.9 Å². The van der Waals surface area contributed by atoms with Crippen molar-refractivity contribution in [1.29, 1.82) is 0 Å². The summed E-state index contributed by atoms with van der Waals surface area (Å²) in [6.45, 7) is 7.32. The molecule has 1 fully saturated rings. The number of nitrogens with zero attached hydrogens (tertiary/aromatic N) is 4. The predicted molar refractivity (Wildman–Crippen MR) is 133 cm³/mol. The van der Waals surface area contributed by atoms with Crippen LogP contribution in [-0.2, 0) is 4.79 Å². The molecule has 6 nitrogen and oxygen atoms in total. The number of amides is 1. The van der Waals surface area contributed by atoms with E-state index in [1.807, 2.05) is 10.7 Å². The van der Waals surface area contributed by atoms with Gasteiger partial charge in [-0.05, 0) is 69.0 Å². The monoisotopic (exact) mass is 457 g/mol. The second-order valence-electron chi connectivity index (χ2n) is 9.14. The first-order valence-corrected chi connectivity index (χ1v) is 11.6. The van der Waals surface area contributed by atoms with Crippen molar-refractivity contribution in [2.45, 2.75) is 33.6 Å². The molecule has 0 saturated carbocycles. The van der Waals surface area contributed by atoms with Gasteiger partial charge >= 0.3 is 0 Å². The Labute approximate surface area is 198 Å². The summed E-state index contributed by atoms with van der Waals surface area (Å²) in [7, 11) is 0. The maximum Gasteiger partial charge on any atom is 0.227 e. The van der Waals surface area contributed by atoms with E-state index in [4.69, 9.17) is 5.10 Å². The number of aromatic nitrogens is 3. The first-order chi connectivity index (χ1) is 16.4.